The van der Waals surface area contributed by atoms with Crippen molar-refractivity contribution in [2.24, 2.45) is 0 Å². The zero-order valence-electron chi connectivity index (χ0n) is 3.86. The Morgan fingerprint density at radius 1 is 1.88 bits per heavy atom. The zero-order chi connectivity index (χ0) is 6.41. The molecular formula is C4H3Br2O2. The first-order valence-corrected chi connectivity index (χ1v) is 3.46. The summed E-state index contributed by atoms with van der Waals surface area (Å²) in [5.74, 6) is 0. The average molecular weight is 243 g/mol. The Labute approximate surface area is 64.2 Å². The minimum atomic E-state index is 0.231. The topological polar surface area (TPSA) is 26.3 Å². The number of ether oxygens (including phenoxy) is 1. The summed E-state index contributed by atoms with van der Waals surface area (Å²) in [6.07, 6.45) is 0. The first-order chi connectivity index (χ1) is 3.81. The fraction of sp³-hybridized carbons (Fsp3) is 0.250. The van der Waals surface area contributed by atoms with Crippen LogP contribution in [0.5, 0.6) is 0 Å². The average Bonchev–Trinajstić information content (AvgIpc) is 1.83. The van der Waals surface area contributed by atoms with Crippen LogP contribution >= 0.6 is 31.9 Å². The van der Waals surface area contributed by atoms with Gasteiger partial charge in [0, 0.05) is 4.48 Å². The molecule has 0 aromatic rings. The lowest BCUT2D eigenvalue weighted by Crippen LogP contribution is -1.88. The summed E-state index contributed by atoms with van der Waals surface area (Å²) < 4.78 is 5.00. The molecule has 0 atom stereocenters. The molecule has 0 spiro atoms. The summed E-state index contributed by atoms with van der Waals surface area (Å²) in [6, 6.07) is 0. The normalized spacial score (nSPS) is 11.0. The molecule has 0 aromatic carbocycles. The summed E-state index contributed by atoms with van der Waals surface area (Å²) in [5.41, 5.74) is 0. The number of halogens is 2. The Balaban J connectivity index is 3.24. The fourth-order valence-electron chi connectivity index (χ4n) is 0.130. The van der Waals surface area contributed by atoms with E-state index < -0.39 is 0 Å². The lowest BCUT2D eigenvalue weighted by atomic mass is 10.7. The molecule has 0 aliphatic heterocycles. The smallest absolute Gasteiger partial charge is 0.417 e. The summed E-state index contributed by atoms with van der Waals surface area (Å²) in [6.45, 7) is 1.52. The summed E-state index contributed by atoms with van der Waals surface area (Å²) >= 11 is 6.11. The third-order valence-corrected chi connectivity index (χ3v) is 2.01. The Kier molecular flexibility index (Phi) is 5.42. The number of rotatable bonds is 3. The quantitative estimate of drug-likeness (QED) is 0.753. The van der Waals surface area contributed by atoms with Gasteiger partial charge in [-0.2, -0.15) is 0 Å². The molecule has 0 N–H and O–H groups in total. The molecule has 0 aliphatic rings. The van der Waals surface area contributed by atoms with Crippen molar-refractivity contribution in [1.82, 2.24) is 0 Å². The van der Waals surface area contributed by atoms with E-state index in [1.165, 1.54) is 6.47 Å². The molecule has 2 nitrogen and oxygen atoms in total. The largest absolute Gasteiger partial charge is 0.452 e. The van der Waals surface area contributed by atoms with Crippen molar-refractivity contribution in [3.8, 4) is 0 Å². The summed E-state index contributed by atoms with van der Waals surface area (Å²) in [4.78, 5) is 11.0. The molecule has 0 rings (SSSR count). The zero-order valence-corrected chi connectivity index (χ0v) is 7.03. The minimum Gasteiger partial charge on any atom is -0.452 e. The molecule has 0 saturated carbocycles. The van der Waals surface area contributed by atoms with Crippen molar-refractivity contribution in [2.75, 3.05) is 6.61 Å². The van der Waals surface area contributed by atoms with Gasteiger partial charge in [-0.25, -0.2) is 4.79 Å². The molecule has 0 amide bonds. The van der Waals surface area contributed by atoms with Crippen LogP contribution in [0.1, 0.15) is 0 Å². The predicted octanol–water partition coefficient (Wildman–Crippen LogP) is 1.70. The van der Waals surface area contributed by atoms with Crippen LogP contribution in [0.4, 0.5) is 0 Å². The Morgan fingerprint density at radius 3 is 2.88 bits per heavy atom. The van der Waals surface area contributed by atoms with Gasteiger partial charge in [-0.05, 0) is 4.99 Å². The van der Waals surface area contributed by atoms with Gasteiger partial charge in [-0.1, -0.05) is 31.9 Å². The van der Waals surface area contributed by atoms with Gasteiger partial charge in [-0.15, -0.1) is 0 Å². The second kappa shape index (κ2) is 5.31. The highest BCUT2D eigenvalue weighted by atomic mass is 79.9. The van der Waals surface area contributed by atoms with Crippen molar-refractivity contribution in [1.29, 1.82) is 0 Å². The maximum atomic E-state index is 9.41. The SMILES string of the molecule is O=[C]OCC(Br)=CBr. The van der Waals surface area contributed by atoms with Gasteiger partial charge in [0.2, 0.25) is 0 Å². The maximum absolute atomic E-state index is 9.41. The Morgan fingerprint density at radius 2 is 2.50 bits per heavy atom. The molecule has 0 heterocycles. The monoisotopic (exact) mass is 241 g/mol. The third kappa shape index (κ3) is 4.33. The predicted molar refractivity (Wildman–Crippen MR) is 37.6 cm³/mol. The van der Waals surface area contributed by atoms with Crippen molar-refractivity contribution in [2.45, 2.75) is 0 Å². The molecule has 0 unspecified atom stereocenters. The number of carbonyl (C=O) groups excluding carboxylic acids is 1. The van der Waals surface area contributed by atoms with Crippen LogP contribution < -0.4 is 0 Å². The van der Waals surface area contributed by atoms with Gasteiger partial charge >= 0.3 is 6.47 Å². The van der Waals surface area contributed by atoms with Gasteiger partial charge < -0.3 is 4.74 Å². The lowest BCUT2D eigenvalue weighted by Gasteiger charge is -1.90. The van der Waals surface area contributed by atoms with E-state index >= 15 is 0 Å². The summed E-state index contributed by atoms with van der Waals surface area (Å²) in [7, 11) is 0. The maximum Gasteiger partial charge on any atom is 0.417 e. The van der Waals surface area contributed by atoms with E-state index in [0.29, 0.717) is 0 Å². The molecule has 0 bridgehead atoms. The van der Waals surface area contributed by atoms with Crippen LogP contribution in [0, 0.1) is 0 Å². The van der Waals surface area contributed by atoms with Gasteiger partial charge in [0.15, 0.2) is 0 Å². The van der Waals surface area contributed by atoms with E-state index in [9.17, 15) is 4.79 Å². The van der Waals surface area contributed by atoms with E-state index in [0.717, 1.165) is 4.48 Å². The molecule has 1 radical (unpaired) electrons. The van der Waals surface area contributed by atoms with Crippen molar-refractivity contribution in [3.63, 3.8) is 0 Å². The highest BCUT2D eigenvalue weighted by Gasteiger charge is 1.87. The fourth-order valence-corrected chi connectivity index (χ4v) is 0.377. The first kappa shape index (κ1) is 8.17. The van der Waals surface area contributed by atoms with Crippen LogP contribution in [-0.2, 0) is 9.53 Å². The molecule has 45 valence electrons. The van der Waals surface area contributed by atoms with Gasteiger partial charge in [0.05, 0.1) is 0 Å². The lowest BCUT2D eigenvalue weighted by molar-refractivity contribution is 0.312. The third-order valence-electron chi connectivity index (χ3n) is 0.387. The van der Waals surface area contributed by atoms with Gasteiger partial charge in [0.1, 0.15) is 6.61 Å². The highest BCUT2D eigenvalue weighted by molar-refractivity contribution is 9.14. The molecule has 8 heavy (non-hydrogen) atoms. The van der Waals surface area contributed by atoms with E-state index in [1.54, 1.807) is 4.99 Å². The van der Waals surface area contributed by atoms with Crippen LogP contribution in [0.3, 0.4) is 0 Å². The number of hydrogen-bond acceptors (Lipinski definition) is 2. The highest BCUT2D eigenvalue weighted by Crippen LogP contribution is 2.06. The van der Waals surface area contributed by atoms with E-state index in [-0.39, 0.29) is 6.61 Å². The second-order valence-electron chi connectivity index (χ2n) is 0.928. The van der Waals surface area contributed by atoms with E-state index in [4.69, 9.17) is 0 Å². The molecule has 0 aliphatic carbocycles. The second-order valence-corrected chi connectivity index (χ2v) is 2.40. The molecular weight excluding hydrogens is 240 g/mol. The van der Waals surface area contributed by atoms with Crippen LogP contribution in [0.15, 0.2) is 9.47 Å². The Hall–Kier alpha value is 0.170. The van der Waals surface area contributed by atoms with Crippen molar-refractivity contribution in [3.05, 3.63) is 9.47 Å². The molecule has 0 saturated heterocycles. The van der Waals surface area contributed by atoms with Crippen molar-refractivity contribution < 1.29 is 9.53 Å². The molecule has 0 aromatic heterocycles. The molecule has 0 fully saturated rings. The van der Waals surface area contributed by atoms with E-state index in [1.807, 2.05) is 0 Å². The first-order valence-electron chi connectivity index (χ1n) is 1.75. The summed E-state index contributed by atoms with van der Waals surface area (Å²) in [5, 5.41) is 0. The minimum absolute atomic E-state index is 0.231. The number of hydrogen-bond donors (Lipinski definition) is 0. The van der Waals surface area contributed by atoms with Gasteiger partial charge in [-0.3, -0.25) is 0 Å². The van der Waals surface area contributed by atoms with Crippen molar-refractivity contribution >= 4 is 38.3 Å². The molecule has 4 heteroatoms. The van der Waals surface area contributed by atoms with Gasteiger partial charge in [0.25, 0.3) is 0 Å². The van der Waals surface area contributed by atoms with E-state index in [2.05, 4.69) is 36.6 Å². The van der Waals surface area contributed by atoms with Crippen LogP contribution in [0.2, 0.25) is 0 Å². The standard InChI is InChI=1S/C4H3Br2O2/c5-1-4(6)2-8-3-7/h1H,2H2. The van der Waals surface area contributed by atoms with Crippen LogP contribution in [-0.4, -0.2) is 13.1 Å². The Bertz CT molecular complexity index is 100. The van der Waals surface area contributed by atoms with Crippen LogP contribution in [0.25, 0.3) is 0 Å².